The summed E-state index contributed by atoms with van der Waals surface area (Å²) in [5, 5.41) is 3.22. The van der Waals surface area contributed by atoms with Gasteiger partial charge in [-0.05, 0) is 205 Å². The highest BCUT2D eigenvalue weighted by Crippen LogP contribution is 2.46. The number of benzene rings is 8. The van der Waals surface area contributed by atoms with Crippen LogP contribution in [0.4, 0.5) is 0 Å². The predicted octanol–water partition coefficient (Wildman–Crippen LogP) is 14.3. The fraction of sp³-hybridized carbons (Fsp3) is 0.171. The molecule has 84 heavy (non-hydrogen) atoms. The molecule has 0 radical (unpaired) electrons. The Morgan fingerprint density at radius 2 is 0.762 bits per heavy atom. The van der Waals surface area contributed by atoms with Crippen LogP contribution in [0.15, 0.2) is 183 Å². The first-order valence-corrected chi connectivity index (χ1v) is 27.2. The summed E-state index contributed by atoms with van der Waals surface area (Å²) in [6.45, 7) is 15.4. The molecule has 0 aromatic heterocycles. The number of fused-ring (bicyclic) bond motifs is 2. The van der Waals surface area contributed by atoms with E-state index >= 15 is 0 Å². The Hall–Kier alpha value is -10.3. The molecule has 8 aromatic carbocycles. The molecule has 0 aliphatic heterocycles. The van der Waals surface area contributed by atoms with E-state index < -0.39 is 35.8 Å². The molecule has 0 heterocycles. The van der Waals surface area contributed by atoms with Crippen molar-refractivity contribution in [2.24, 2.45) is 0 Å². The minimum atomic E-state index is -0.665. The van der Waals surface area contributed by atoms with Crippen molar-refractivity contribution in [3.63, 3.8) is 0 Å². The van der Waals surface area contributed by atoms with Crippen LogP contribution in [0, 0.1) is 27.7 Å². The lowest BCUT2D eigenvalue weighted by Gasteiger charge is -2.18. The van der Waals surface area contributed by atoms with E-state index in [-0.39, 0.29) is 24.7 Å². The molecule has 0 unspecified atom stereocenters. The third-order valence-electron chi connectivity index (χ3n) is 13.2. The van der Waals surface area contributed by atoms with Crippen LogP contribution >= 0.6 is 0 Å². The molecule has 0 saturated heterocycles. The number of rotatable bonds is 25. The maximum atomic E-state index is 13.9. The van der Waals surface area contributed by atoms with Gasteiger partial charge in [0, 0.05) is 35.4 Å². The summed E-state index contributed by atoms with van der Waals surface area (Å²) >= 11 is 0. The number of carbonyl (C=O) groups excluding carboxylic acids is 6. The standard InChI is InChI=1S/C70H62O14/c1-7-61(71)79-39-15-13-37-77-55-29-23-53(24-30-55)69(75)83-67-45(3)41-49(42-46(67)4)21-35-63(73)81-59-33-27-51-17-9-11-19-57(51)65(59)66-58-20-12-10-18-52(58)28-34-60(66)82-64(74)36-22-50-43-47(5)68(48(6)44-50)84-70(76)54-25-31-56(32-26-54)78-38-14-16-40-80-62(72)8-2/h7-12,17-36,41-44H,1-2,13-16,37-40H2,3-6H3/b35-21+,36-22+. The van der Waals surface area contributed by atoms with Gasteiger partial charge >= 0.3 is 35.8 Å². The first-order chi connectivity index (χ1) is 40.7. The molecule has 0 saturated carbocycles. The highest BCUT2D eigenvalue weighted by Gasteiger charge is 2.22. The van der Waals surface area contributed by atoms with E-state index in [9.17, 15) is 28.8 Å². The summed E-state index contributed by atoms with van der Waals surface area (Å²) in [7, 11) is 0. The molecule has 0 atom stereocenters. The van der Waals surface area contributed by atoms with E-state index in [1.54, 1.807) is 97.1 Å². The maximum Gasteiger partial charge on any atom is 0.343 e. The summed E-state index contributed by atoms with van der Waals surface area (Å²) in [6.07, 6.45) is 10.7. The van der Waals surface area contributed by atoms with Crippen molar-refractivity contribution < 1.29 is 66.7 Å². The number of aryl methyl sites for hydroxylation is 4. The maximum absolute atomic E-state index is 13.9. The van der Waals surface area contributed by atoms with Gasteiger partial charge < -0.3 is 37.9 Å². The van der Waals surface area contributed by atoms with Crippen LogP contribution in [-0.2, 0) is 28.7 Å². The number of hydrogen-bond donors (Lipinski definition) is 0. The van der Waals surface area contributed by atoms with E-state index in [0.29, 0.717) is 118 Å². The normalized spacial score (nSPS) is 11.0. The lowest BCUT2D eigenvalue weighted by atomic mass is 9.92. The van der Waals surface area contributed by atoms with E-state index in [4.69, 9.17) is 37.9 Å². The second-order valence-corrected chi connectivity index (χ2v) is 19.5. The van der Waals surface area contributed by atoms with Crippen molar-refractivity contribution in [3.8, 4) is 45.6 Å². The molecule has 0 spiro atoms. The number of ether oxygens (including phenoxy) is 8. The summed E-state index contributed by atoms with van der Waals surface area (Å²) in [6, 6.07) is 43.0. The Kier molecular flexibility index (Phi) is 20.6. The lowest BCUT2D eigenvalue weighted by molar-refractivity contribution is -0.138. The second kappa shape index (κ2) is 28.9. The van der Waals surface area contributed by atoms with Gasteiger partial charge in [0.1, 0.15) is 34.5 Å². The first kappa shape index (κ1) is 59.8. The van der Waals surface area contributed by atoms with Gasteiger partial charge in [0.2, 0.25) is 0 Å². The minimum Gasteiger partial charge on any atom is -0.494 e. The van der Waals surface area contributed by atoms with E-state index in [1.165, 1.54) is 12.2 Å². The molecule has 0 amide bonds. The van der Waals surface area contributed by atoms with Crippen LogP contribution < -0.4 is 28.4 Å². The van der Waals surface area contributed by atoms with Crippen LogP contribution in [0.1, 0.15) is 79.8 Å². The fourth-order valence-corrected chi connectivity index (χ4v) is 9.21. The molecular weight excluding hydrogens is 1060 g/mol. The van der Waals surface area contributed by atoms with Crippen LogP contribution in [0.3, 0.4) is 0 Å². The summed E-state index contributed by atoms with van der Waals surface area (Å²) < 4.78 is 45.5. The predicted molar refractivity (Wildman–Crippen MR) is 323 cm³/mol. The highest BCUT2D eigenvalue weighted by molar-refractivity contribution is 6.11. The fourth-order valence-electron chi connectivity index (χ4n) is 9.21. The largest absolute Gasteiger partial charge is 0.494 e. The third kappa shape index (κ3) is 16.0. The first-order valence-electron chi connectivity index (χ1n) is 27.2. The Morgan fingerprint density at radius 3 is 1.13 bits per heavy atom. The summed E-state index contributed by atoms with van der Waals surface area (Å²) in [5.41, 5.74) is 5.77. The monoisotopic (exact) mass is 1130 g/mol. The average molecular weight is 1130 g/mol. The zero-order valence-electron chi connectivity index (χ0n) is 47.1. The van der Waals surface area contributed by atoms with Gasteiger partial charge in [-0.25, -0.2) is 28.8 Å². The summed E-state index contributed by atoms with van der Waals surface area (Å²) in [5.74, 6) is -0.937. The molecule has 0 bridgehead atoms. The molecular formula is C70H62O14. The van der Waals surface area contributed by atoms with Gasteiger partial charge in [0.05, 0.1) is 37.6 Å². The topological polar surface area (TPSA) is 176 Å². The quantitative estimate of drug-likeness (QED) is 0.0229. The van der Waals surface area contributed by atoms with Gasteiger partial charge in [-0.2, -0.15) is 0 Å². The van der Waals surface area contributed by atoms with E-state index in [1.807, 2.05) is 88.4 Å². The molecule has 0 fully saturated rings. The van der Waals surface area contributed by atoms with Crippen molar-refractivity contribution in [3.05, 3.63) is 228 Å². The van der Waals surface area contributed by atoms with Crippen molar-refractivity contribution in [1.82, 2.24) is 0 Å². The molecule has 14 heteroatoms. The number of carbonyl (C=O) groups is 6. The van der Waals surface area contributed by atoms with Crippen LogP contribution in [-0.4, -0.2) is 62.2 Å². The average Bonchev–Trinajstić information content (AvgIpc) is 1.21. The SMILES string of the molecule is C=CC(=O)OCCCCOc1ccc(C(=O)Oc2c(C)cc(/C=C/C(=O)Oc3ccc4ccccc4c3-c3c(OC(=O)/C=C/c4cc(C)c(OC(=O)c5ccc(OCCCCOC(=O)C=C)cc5)c(C)c4)ccc4ccccc34)cc2C)cc1. The third-order valence-corrected chi connectivity index (χ3v) is 13.2. The van der Waals surface area contributed by atoms with E-state index in [2.05, 4.69) is 13.2 Å². The molecule has 426 valence electrons. The zero-order valence-corrected chi connectivity index (χ0v) is 47.1. The molecule has 14 nitrogen and oxygen atoms in total. The van der Waals surface area contributed by atoms with Gasteiger partial charge in [-0.15, -0.1) is 0 Å². The smallest absolute Gasteiger partial charge is 0.343 e. The Balaban J connectivity index is 0.932. The molecule has 0 N–H and O–H groups in total. The van der Waals surface area contributed by atoms with Crippen molar-refractivity contribution in [2.75, 3.05) is 26.4 Å². The van der Waals surface area contributed by atoms with Crippen molar-refractivity contribution in [1.29, 1.82) is 0 Å². The molecule has 0 aliphatic rings. The van der Waals surface area contributed by atoms with Crippen molar-refractivity contribution >= 4 is 69.5 Å². The Labute approximate surface area is 487 Å². The van der Waals surface area contributed by atoms with E-state index in [0.717, 1.165) is 33.7 Å². The van der Waals surface area contributed by atoms with Crippen molar-refractivity contribution in [2.45, 2.75) is 53.4 Å². The lowest BCUT2D eigenvalue weighted by Crippen LogP contribution is -2.10. The Morgan fingerprint density at radius 1 is 0.405 bits per heavy atom. The Bertz CT molecular complexity index is 3530. The van der Waals surface area contributed by atoms with Crippen LogP contribution in [0.25, 0.3) is 44.8 Å². The van der Waals surface area contributed by atoms with Gasteiger partial charge in [-0.3, -0.25) is 0 Å². The molecule has 8 rings (SSSR count). The minimum absolute atomic E-state index is 0.234. The summed E-state index contributed by atoms with van der Waals surface area (Å²) in [4.78, 5) is 76.7. The van der Waals surface area contributed by atoms with Gasteiger partial charge in [0.25, 0.3) is 0 Å². The zero-order chi connectivity index (χ0) is 59.5. The van der Waals surface area contributed by atoms with Gasteiger partial charge in [0.15, 0.2) is 0 Å². The van der Waals surface area contributed by atoms with Gasteiger partial charge in [-0.1, -0.05) is 73.8 Å². The molecule has 8 aromatic rings. The number of unbranched alkanes of at least 4 members (excludes halogenated alkanes) is 2. The van der Waals surface area contributed by atoms with Crippen LogP contribution in [0.5, 0.6) is 34.5 Å². The number of hydrogen-bond acceptors (Lipinski definition) is 14. The second-order valence-electron chi connectivity index (χ2n) is 19.5. The number of esters is 6. The highest BCUT2D eigenvalue weighted by atomic mass is 16.6. The van der Waals surface area contributed by atoms with Crippen LogP contribution in [0.2, 0.25) is 0 Å². The molecule has 0 aliphatic carbocycles.